The van der Waals surface area contributed by atoms with Gasteiger partial charge in [0.05, 0.1) is 5.71 Å². The van der Waals surface area contributed by atoms with Crippen molar-refractivity contribution in [3.05, 3.63) is 62.0 Å². The van der Waals surface area contributed by atoms with Crippen molar-refractivity contribution in [2.45, 2.75) is 22.2 Å². The predicted molar refractivity (Wildman–Crippen MR) is 104 cm³/mol. The Bertz CT molecular complexity index is 853. The van der Waals surface area contributed by atoms with Gasteiger partial charge in [0.15, 0.2) is 4.75 Å². The van der Waals surface area contributed by atoms with Crippen LogP contribution >= 0.6 is 63.7 Å². The summed E-state index contributed by atoms with van der Waals surface area (Å²) in [5, 5.41) is 0.310. The number of rotatable bonds is 2. The number of nitrogens with zero attached hydrogens (tertiary/aromatic N) is 1. The van der Waals surface area contributed by atoms with E-state index in [0.717, 1.165) is 0 Å². The zero-order valence-corrected chi connectivity index (χ0v) is 17.1. The molecule has 1 heterocycles. The van der Waals surface area contributed by atoms with Crippen LogP contribution in [0.3, 0.4) is 0 Å². The van der Waals surface area contributed by atoms with E-state index in [2.05, 4.69) is 33.0 Å². The molecule has 9 heteroatoms. The zero-order valence-electron chi connectivity index (χ0n) is 12.2. The summed E-state index contributed by atoms with van der Waals surface area (Å²) in [4.78, 5) is 0.693. The summed E-state index contributed by atoms with van der Waals surface area (Å²) in [5.74, 6) is 0. The van der Waals surface area contributed by atoms with E-state index in [1.807, 2.05) is 0 Å². The molecule has 0 fully saturated rings. The van der Waals surface area contributed by atoms with Crippen LogP contribution in [0.4, 0.5) is 13.2 Å². The molecule has 1 unspecified atom stereocenters. The standard InChI is InChI=1S/C16H9BrCl2F3NS2/c17-12-3-8(1-2-14(12)24)13-7-15(25-23-13,16(20,21)22)9-4-10(18)6-11(19)5-9/h1-6,24H,7H2. The molecular formula is C16H9BrCl2F3NS2. The Labute approximate surface area is 170 Å². The molecule has 0 saturated heterocycles. The number of alkyl halides is 3. The van der Waals surface area contributed by atoms with Crippen LogP contribution in [-0.4, -0.2) is 11.9 Å². The second-order valence-electron chi connectivity index (χ2n) is 5.46. The molecule has 1 aliphatic rings. The molecule has 132 valence electrons. The Balaban J connectivity index is 2.04. The largest absolute Gasteiger partial charge is 0.409 e. The van der Waals surface area contributed by atoms with E-state index in [4.69, 9.17) is 23.2 Å². The molecule has 0 aromatic heterocycles. The first-order chi connectivity index (χ1) is 11.6. The van der Waals surface area contributed by atoms with Crippen molar-refractivity contribution in [2.24, 2.45) is 4.40 Å². The minimum absolute atomic E-state index is 0.00821. The SMILES string of the molecule is FC(F)(F)C1(c2cc(Cl)cc(Cl)c2)CC(c2ccc(S)c(Br)c2)=NS1. The van der Waals surface area contributed by atoms with Gasteiger partial charge >= 0.3 is 6.18 Å². The molecule has 25 heavy (non-hydrogen) atoms. The van der Waals surface area contributed by atoms with Crippen molar-refractivity contribution >= 4 is 69.4 Å². The molecule has 1 atom stereocenters. The molecule has 1 nitrogen and oxygen atoms in total. The minimum atomic E-state index is -4.53. The zero-order chi connectivity index (χ0) is 18.4. The van der Waals surface area contributed by atoms with Crippen molar-refractivity contribution in [3.8, 4) is 0 Å². The van der Waals surface area contributed by atoms with E-state index in [1.54, 1.807) is 18.2 Å². The highest BCUT2D eigenvalue weighted by molar-refractivity contribution is 9.10. The van der Waals surface area contributed by atoms with E-state index in [1.165, 1.54) is 18.2 Å². The van der Waals surface area contributed by atoms with Gasteiger partial charge in [0, 0.05) is 25.8 Å². The first-order valence-electron chi connectivity index (χ1n) is 6.89. The lowest BCUT2D eigenvalue weighted by Gasteiger charge is -2.30. The molecule has 2 aromatic rings. The number of benzene rings is 2. The van der Waals surface area contributed by atoms with Crippen LogP contribution < -0.4 is 0 Å². The Morgan fingerprint density at radius 1 is 1.12 bits per heavy atom. The van der Waals surface area contributed by atoms with Gasteiger partial charge in [0.25, 0.3) is 0 Å². The Kier molecular flexibility index (Phi) is 5.44. The molecule has 0 spiro atoms. The van der Waals surface area contributed by atoms with Crippen LogP contribution in [0.1, 0.15) is 17.5 Å². The first-order valence-corrected chi connectivity index (χ1v) is 9.66. The average Bonchev–Trinajstić information content (AvgIpc) is 2.95. The molecule has 0 radical (unpaired) electrons. The molecule has 2 aromatic carbocycles. The summed E-state index contributed by atoms with van der Waals surface area (Å²) in [5.41, 5.74) is 0.954. The second kappa shape index (κ2) is 7.00. The maximum Gasteiger partial charge on any atom is 0.409 e. The van der Waals surface area contributed by atoms with Gasteiger partial charge in [-0.15, -0.1) is 12.6 Å². The predicted octanol–water partition coefficient (Wildman–Crippen LogP) is 7.34. The van der Waals surface area contributed by atoms with Gasteiger partial charge in [-0.05, 0) is 69.3 Å². The number of thiol groups is 1. The van der Waals surface area contributed by atoms with Crippen molar-refractivity contribution in [1.29, 1.82) is 0 Å². The molecule has 0 N–H and O–H groups in total. The second-order valence-corrected chi connectivity index (χ2v) is 8.73. The molecular weight excluding hydrogens is 478 g/mol. The van der Waals surface area contributed by atoms with Crippen LogP contribution in [0.25, 0.3) is 0 Å². The fraction of sp³-hybridized carbons (Fsp3) is 0.188. The van der Waals surface area contributed by atoms with Crippen molar-refractivity contribution in [2.75, 3.05) is 0 Å². The molecule has 0 aliphatic carbocycles. The summed E-state index contributed by atoms with van der Waals surface area (Å²) >= 11 is 19.9. The molecule has 0 bridgehead atoms. The summed E-state index contributed by atoms with van der Waals surface area (Å²) in [6.07, 6.45) is -4.84. The quantitative estimate of drug-likeness (QED) is 0.345. The molecule has 0 amide bonds. The van der Waals surface area contributed by atoms with Crippen LogP contribution in [0.15, 0.2) is 50.2 Å². The van der Waals surface area contributed by atoms with Gasteiger partial charge in [-0.1, -0.05) is 29.3 Å². The van der Waals surface area contributed by atoms with E-state index < -0.39 is 10.9 Å². The van der Waals surface area contributed by atoms with Gasteiger partial charge in [-0.25, -0.2) is 4.40 Å². The van der Waals surface area contributed by atoms with Crippen molar-refractivity contribution in [1.82, 2.24) is 0 Å². The third kappa shape index (κ3) is 3.72. The van der Waals surface area contributed by atoms with Gasteiger partial charge in [0.1, 0.15) is 0 Å². The van der Waals surface area contributed by atoms with Gasteiger partial charge in [-0.2, -0.15) is 13.2 Å². The average molecular weight is 487 g/mol. The lowest BCUT2D eigenvalue weighted by atomic mass is 9.89. The summed E-state index contributed by atoms with van der Waals surface area (Å²) in [6.45, 7) is 0. The van der Waals surface area contributed by atoms with Crippen molar-refractivity contribution in [3.63, 3.8) is 0 Å². The van der Waals surface area contributed by atoms with Crippen LogP contribution in [0.2, 0.25) is 10.0 Å². The van der Waals surface area contributed by atoms with Crippen LogP contribution in [0.5, 0.6) is 0 Å². The third-order valence-corrected chi connectivity index (χ3v) is 6.82. The Morgan fingerprint density at radius 2 is 1.76 bits per heavy atom. The maximum atomic E-state index is 14.0. The topological polar surface area (TPSA) is 12.4 Å². The number of halogens is 6. The monoisotopic (exact) mass is 485 g/mol. The third-order valence-electron chi connectivity index (χ3n) is 3.80. The lowest BCUT2D eigenvalue weighted by Crippen LogP contribution is -2.38. The Hall–Kier alpha value is -0.340. The number of hydrogen-bond donors (Lipinski definition) is 1. The smallest absolute Gasteiger partial charge is 0.219 e. The van der Waals surface area contributed by atoms with Gasteiger partial charge < -0.3 is 0 Å². The Morgan fingerprint density at radius 3 is 2.32 bits per heavy atom. The normalized spacial score (nSPS) is 20.7. The van der Waals surface area contributed by atoms with E-state index >= 15 is 0 Å². The van der Waals surface area contributed by atoms with E-state index in [-0.39, 0.29) is 22.0 Å². The molecule has 3 rings (SSSR count). The molecule has 0 saturated carbocycles. The van der Waals surface area contributed by atoms with Gasteiger partial charge in [-0.3, -0.25) is 0 Å². The molecule has 1 aliphatic heterocycles. The maximum absolute atomic E-state index is 14.0. The van der Waals surface area contributed by atoms with Crippen LogP contribution in [0, 0.1) is 0 Å². The highest BCUT2D eigenvalue weighted by Gasteiger charge is 2.60. The fourth-order valence-electron chi connectivity index (χ4n) is 2.53. The highest BCUT2D eigenvalue weighted by atomic mass is 79.9. The minimum Gasteiger partial charge on any atom is -0.219 e. The number of hydrogen-bond acceptors (Lipinski definition) is 3. The van der Waals surface area contributed by atoms with Crippen LogP contribution in [-0.2, 0) is 4.75 Å². The highest BCUT2D eigenvalue weighted by Crippen LogP contribution is 2.57. The van der Waals surface area contributed by atoms with E-state index in [9.17, 15) is 13.2 Å². The van der Waals surface area contributed by atoms with E-state index in [0.29, 0.717) is 32.6 Å². The summed E-state index contributed by atoms with van der Waals surface area (Å²) < 4.78 is 44.6. The lowest BCUT2D eigenvalue weighted by molar-refractivity contribution is -0.159. The first kappa shape index (κ1) is 19.4. The fourth-order valence-corrected chi connectivity index (χ4v) is 4.54. The summed E-state index contributed by atoms with van der Waals surface area (Å²) in [6, 6.07) is 9.10. The summed E-state index contributed by atoms with van der Waals surface area (Å²) in [7, 11) is 0. The van der Waals surface area contributed by atoms with Crippen molar-refractivity contribution < 1.29 is 13.2 Å². The van der Waals surface area contributed by atoms with Gasteiger partial charge in [0.2, 0.25) is 0 Å².